The van der Waals surface area contributed by atoms with Crippen LogP contribution in [0.25, 0.3) is 0 Å². The summed E-state index contributed by atoms with van der Waals surface area (Å²) >= 11 is 1.89. The van der Waals surface area contributed by atoms with Gasteiger partial charge in [-0.05, 0) is 31.3 Å². The highest BCUT2D eigenvalue weighted by Crippen LogP contribution is 1.97. The molecule has 0 aliphatic rings. The third-order valence-electron chi connectivity index (χ3n) is 2.48. The van der Waals surface area contributed by atoms with Crippen molar-refractivity contribution in [3.63, 3.8) is 0 Å². The van der Waals surface area contributed by atoms with Crippen molar-refractivity contribution in [2.45, 2.75) is 19.3 Å². The van der Waals surface area contributed by atoms with Crippen molar-refractivity contribution in [3.8, 4) is 0 Å². The van der Waals surface area contributed by atoms with Gasteiger partial charge in [-0.2, -0.15) is 11.8 Å². The minimum Gasteiger partial charge on any atom is -0.382 e. The van der Waals surface area contributed by atoms with Crippen molar-refractivity contribution in [2.75, 3.05) is 59.1 Å². The van der Waals surface area contributed by atoms with Gasteiger partial charge in [0.25, 0.3) is 0 Å². The van der Waals surface area contributed by atoms with Crippen molar-refractivity contribution in [1.82, 2.24) is 10.6 Å². The Labute approximate surface area is 121 Å². The molecular weight excluding hydrogens is 262 g/mol. The highest BCUT2D eigenvalue weighted by molar-refractivity contribution is 7.98. The predicted molar refractivity (Wildman–Crippen MR) is 84.3 cm³/mol. The summed E-state index contributed by atoms with van der Waals surface area (Å²) in [5, 5.41) is 6.58. The summed E-state index contributed by atoms with van der Waals surface area (Å²) in [6.45, 7) is 3.93. The van der Waals surface area contributed by atoms with Crippen LogP contribution in [0.3, 0.4) is 0 Å². The fourth-order valence-corrected chi connectivity index (χ4v) is 1.92. The molecule has 0 spiro atoms. The SMILES string of the molecule is CN=C(NCCCCSC)NCCCOCCOC. The Kier molecular flexibility index (Phi) is 15.2. The fraction of sp³-hybridized carbons (Fsp3) is 0.923. The van der Waals surface area contributed by atoms with E-state index in [1.165, 1.54) is 18.6 Å². The van der Waals surface area contributed by atoms with Crippen LogP contribution in [0.2, 0.25) is 0 Å². The van der Waals surface area contributed by atoms with Gasteiger partial charge in [-0.3, -0.25) is 4.99 Å². The lowest BCUT2D eigenvalue weighted by Crippen LogP contribution is -2.38. The minimum absolute atomic E-state index is 0.659. The first-order chi connectivity index (χ1) is 9.35. The van der Waals surface area contributed by atoms with E-state index >= 15 is 0 Å². The van der Waals surface area contributed by atoms with Gasteiger partial charge in [0.15, 0.2) is 5.96 Å². The zero-order valence-electron chi connectivity index (χ0n) is 12.5. The minimum atomic E-state index is 0.659. The van der Waals surface area contributed by atoms with Crippen LogP contribution in [0.15, 0.2) is 4.99 Å². The Morgan fingerprint density at radius 3 is 2.42 bits per heavy atom. The summed E-state index contributed by atoms with van der Waals surface area (Å²) < 4.78 is 10.3. The maximum atomic E-state index is 5.39. The number of aliphatic imine (C=N–C) groups is 1. The summed E-state index contributed by atoms with van der Waals surface area (Å²) in [6.07, 6.45) is 5.54. The molecule has 0 aromatic heterocycles. The number of guanidine groups is 1. The second-order valence-corrected chi connectivity index (χ2v) is 5.07. The van der Waals surface area contributed by atoms with E-state index in [0.717, 1.165) is 32.1 Å². The molecule has 2 N–H and O–H groups in total. The van der Waals surface area contributed by atoms with Gasteiger partial charge in [0.05, 0.1) is 13.2 Å². The summed E-state index contributed by atoms with van der Waals surface area (Å²) in [5.41, 5.74) is 0. The summed E-state index contributed by atoms with van der Waals surface area (Å²) in [6, 6.07) is 0. The van der Waals surface area contributed by atoms with E-state index in [2.05, 4.69) is 21.9 Å². The molecule has 5 nitrogen and oxygen atoms in total. The first kappa shape index (κ1) is 18.5. The van der Waals surface area contributed by atoms with Gasteiger partial charge >= 0.3 is 0 Å². The molecule has 0 amide bonds. The molecule has 0 unspecified atom stereocenters. The van der Waals surface area contributed by atoms with Crippen molar-refractivity contribution < 1.29 is 9.47 Å². The molecule has 0 fully saturated rings. The van der Waals surface area contributed by atoms with Crippen LogP contribution in [-0.2, 0) is 9.47 Å². The van der Waals surface area contributed by atoms with Gasteiger partial charge in [-0.25, -0.2) is 0 Å². The lowest BCUT2D eigenvalue weighted by Gasteiger charge is -2.11. The number of nitrogens with one attached hydrogen (secondary N) is 2. The monoisotopic (exact) mass is 291 g/mol. The van der Waals surface area contributed by atoms with Gasteiger partial charge in [0, 0.05) is 33.9 Å². The third-order valence-corrected chi connectivity index (χ3v) is 3.18. The molecule has 19 heavy (non-hydrogen) atoms. The molecule has 0 aliphatic heterocycles. The van der Waals surface area contributed by atoms with E-state index in [1.807, 2.05) is 11.8 Å². The first-order valence-electron chi connectivity index (χ1n) is 6.85. The molecule has 0 aromatic carbocycles. The summed E-state index contributed by atoms with van der Waals surface area (Å²) in [5.74, 6) is 2.10. The van der Waals surface area contributed by atoms with E-state index in [0.29, 0.717) is 13.2 Å². The molecule has 6 heteroatoms. The van der Waals surface area contributed by atoms with Gasteiger partial charge in [0.2, 0.25) is 0 Å². The van der Waals surface area contributed by atoms with Crippen LogP contribution >= 0.6 is 11.8 Å². The quantitative estimate of drug-likeness (QED) is 0.323. The normalized spacial score (nSPS) is 11.6. The maximum Gasteiger partial charge on any atom is 0.190 e. The molecule has 0 radical (unpaired) electrons. The van der Waals surface area contributed by atoms with Crippen LogP contribution in [-0.4, -0.2) is 65.0 Å². The fourth-order valence-electron chi connectivity index (χ4n) is 1.42. The van der Waals surface area contributed by atoms with Gasteiger partial charge in [-0.15, -0.1) is 0 Å². The zero-order chi connectivity index (χ0) is 14.2. The molecule has 0 heterocycles. The molecule has 114 valence electrons. The summed E-state index contributed by atoms with van der Waals surface area (Å²) in [7, 11) is 3.48. The Balaban J connectivity index is 3.35. The van der Waals surface area contributed by atoms with Crippen LogP contribution in [0.1, 0.15) is 19.3 Å². The first-order valence-corrected chi connectivity index (χ1v) is 8.24. The number of thioether (sulfide) groups is 1. The van der Waals surface area contributed by atoms with E-state index in [9.17, 15) is 0 Å². The van der Waals surface area contributed by atoms with Crippen LogP contribution in [0, 0.1) is 0 Å². The van der Waals surface area contributed by atoms with Crippen molar-refractivity contribution in [1.29, 1.82) is 0 Å². The van der Waals surface area contributed by atoms with Crippen molar-refractivity contribution in [3.05, 3.63) is 0 Å². The molecular formula is C13H29N3O2S. The van der Waals surface area contributed by atoms with Gasteiger partial charge in [-0.1, -0.05) is 0 Å². The molecule has 0 aliphatic carbocycles. The second-order valence-electron chi connectivity index (χ2n) is 4.08. The van der Waals surface area contributed by atoms with Gasteiger partial charge < -0.3 is 20.1 Å². The van der Waals surface area contributed by atoms with E-state index < -0.39 is 0 Å². The molecule has 0 atom stereocenters. The molecule has 0 bridgehead atoms. The molecule has 0 rings (SSSR count). The van der Waals surface area contributed by atoms with Gasteiger partial charge in [0.1, 0.15) is 0 Å². The largest absolute Gasteiger partial charge is 0.382 e. The third kappa shape index (κ3) is 13.8. The number of hydrogen-bond acceptors (Lipinski definition) is 4. The second kappa shape index (κ2) is 15.6. The Hall–Kier alpha value is -0.460. The number of hydrogen-bond donors (Lipinski definition) is 2. The van der Waals surface area contributed by atoms with Crippen molar-refractivity contribution >= 4 is 17.7 Å². The van der Waals surface area contributed by atoms with Crippen LogP contribution in [0.4, 0.5) is 0 Å². The number of methoxy groups -OCH3 is 1. The van der Waals surface area contributed by atoms with E-state index in [1.54, 1.807) is 14.2 Å². The number of unbranched alkanes of at least 4 members (excludes halogenated alkanes) is 1. The average Bonchev–Trinajstić information content (AvgIpc) is 2.44. The highest BCUT2D eigenvalue weighted by Gasteiger charge is 1.96. The topological polar surface area (TPSA) is 54.9 Å². The Morgan fingerprint density at radius 1 is 1.05 bits per heavy atom. The smallest absolute Gasteiger partial charge is 0.190 e. The maximum absolute atomic E-state index is 5.39. The summed E-state index contributed by atoms with van der Waals surface area (Å²) in [4.78, 5) is 4.18. The highest BCUT2D eigenvalue weighted by atomic mass is 32.2. The van der Waals surface area contributed by atoms with Crippen LogP contribution < -0.4 is 10.6 Å². The molecule has 0 saturated carbocycles. The molecule has 0 aromatic rings. The predicted octanol–water partition coefficient (Wildman–Crippen LogP) is 1.35. The van der Waals surface area contributed by atoms with E-state index in [-0.39, 0.29) is 0 Å². The Bertz CT molecular complexity index is 216. The van der Waals surface area contributed by atoms with Crippen LogP contribution in [0.5, 0.6) is 0 Å². The Morgan fingerprint density at radius 2 is 1.79 bits per heavy atom. The average molecular weight is 291 g/mol. The number of ether oxygens (including phenoxy) is 2. The van der Waals surface area contributed by atoms with E-state index in [4.69, 9.17) is 9.47 Å². The van der Waals surface area contributed by atoms with Crippen molar-refractivity contribution in [2.24, 2.45) is 4.99 Å². The standard InChI is InChI=1S/C13H29N3O2S/c1-14-13(15-7-4-5-12-19-3)16-8-6-9-18-11-10-17-2/h4-12H2,1-3H3,(H2,14,15,16). The number of nitrogens with zero attached hydrogens (tertiary/aromatic N) is 1. The zero-order valence-corrected chi connectivity index (χ0v) is 13.4. The lowest BCUT2D eigenvalue weighted by molar-refractivity contribution is 0.0698. The number of rotatable bonds is 12. The molecule has 0 saturated heterocycles. The lowest BCUT2D eigenvalue weighted by atomic mass is 10.3.